The minimum atomic E-state index is -0.506. The Bertz CT molecular complexity index is 291. The molecule has 1 rings (SSSR count). The van der Waals surface area contributed by atoms with E-state index in [2.05, 4.69) is 15.9 Å². The summed E-state index contributed by atoms with van der Waals surface area (Å²) in [7, 11) is 0. The molecule has 1 aromatic carbocycles. The molecule has 66 valence electrons. The van der Waals surface area contributed by atoms with Gasteiger partial charge in [0.25, 0.3) is 0 Å². The molecule has 1 aromatic rings. The normalized spacial score (nSPS) is 11.7. The molecule has 0 unspecified atom stereocenters. The lowest BCUT2D eigenvalue weighted by molar-refractivity contribution is 0.437. The van der Waals surface area contributed by atoms with Crippen LogP contribution in [0.4, 0.5) is 0 Å². The van der Waals surface area contributed by atoms with Crippen LogP contribution in [0, 0.1) is 0 Å². The van der Waals surface area contributed by atoms with Crippen molar-refractivity contribution in [1.29, 1.82) is 0 Å². The second-order valence-electron chi connectivity index (χ2n) is 3.36. The summed E-state index contributed by atoms with van der Waals surface area (Å²) in [6.45, 7) is 3.71. The highest BCUT2D eigenvalue weighted by Gasteiger charge is 2.19. The molecular weight excluding hydrogens is 218 g/mol. The molecule has 0 heterocycles. The van der Waals surface area contributed by atoms with Crippen molar-refractivity contribution in [3.05, 3.63) is 28.2 Å². The van der Waals surface area contributed by atoms with Crippen LogP contribution in [0.5, 0.6) is 5.75 Å². The summed E-state index contributed by atoms with van der Waals surface area (Å²) in [6, 6.07) is 5.46. The summed E-state index contributed by atoms with van der Waals surface area (Å²) >= 11 is 3.23. The fourth-order valence-electron chi connectivity index (χ4n) is 1.04. The Morgan fingerprint density at radius 3 is 2.42 bits per heavy atom. The van der Waals surface area contributed by atoms with E-state index >= 15 is 0 Å². The number of halogens is 1. The molecule has 0 saturated heterocycles. The van der Waals surface area contributed by atoms with Gasteiger partial charge in [-0.1, -0.05) is 12.1 Å². The fraction of sp³-hybridized carbons (Fsp3) is 0.333. The Labute approximate surface area is 80.5 Å². The number of hydrogen-bond acceptors (Lipinski definition) is 2. The molecule has 0 aliphatic heterocycles. The quantitative estimate of drug-likeness (QED) is 0.777. The van der Waals surface area contributed by atoms with Gasteiger partial charge in [0.2, 0.25) is 0 Å². The number of hydrogen-bond donors (Lipinski definition) is 2. The molecule has 0 spiro atoms. The molecule has 0 fully saturated rings. The lowest BCUT2D eigenvalue weighted by Crippen LogP contribution is -2.28. The minimum absolute atomic E-state index is 0.227. The Morgan fingerprint density at radius 1 is 1.42 bits per heavy atom. The maximum atomic E-state index is 9.61. The van der Waals surface area contributed by atoms with Crippen molar-refractivity contribution in [3.8, 4) is 5.75 Å². The zero-order valence-electron chi connectivity index (χ0n) is 7.13. The van der Waals surface area contributed by atoms with Crippen molar-refractivity contribution >= 4 is 15.9 Å². The van der Waals surface area contributed by atoms with Crippen LogP contribution in [-0.4, -0.2) is 5.11 Å². The van der Waals surface area contributed by atoms with Gasteiger partial charge in [0.1, 0.15) is 5.75 Å². The number of phenolic OH excluding ortho intramolecular Hbond substituents is 1. The molecular formula is C9H12BrNO. The van der Waals surface area contributed by atoms with Gasteiger partial charge in [0.15, 0.2) is 0 Å². The predicted octanol–water partition coefficient (Wildman–Crippen LogP) is 2.35. The summed E-state index contributed by atoms with van der Waals surface area (Å²) in [5.74, 6) is 0.227. The summed E-state index contributed by atoms with van der Waals surface area (Å²) < 4.78 is 0.679. The first kappa shape index (κ1) is 9.55. The molecule has 0 saturated carbocycles. The second kappa shape index (κ2) is 3.07. The summed E-state index contributed by atoms with van der Waals surface area (Å²) in [6.07, 6.45) is 0. The first-order chi connectivity index (χ1) is 5.43. The zero-order chi connectivity index (χ0) is 9.35. The number of nitrogens with two attached hydrogens (primary N) is 1. The average Bonchev–Trinajstić information content (AvgIpc) is 1.92. The first-order valence-corrected chi connectivity index (χ1v) is 4.49. The highest BCUT2D eigenvalue weighted by atomic mass is 79.9. The maximum Gasteiger partial charge on any atom is 0.134 e. The molecule has 3 N–H and O–H groups in total. The van der Waals surface area contributed by atoms with Crippen molar-refractivity contribution in [1.82, 2.24) is 0 Å². The summed E-state index contributed by atoms with van der Waals surface area (Å²) in [5.41, 5.74) is 6.09. The number of rotatable bonds is 1. The van der Waals surface area contributed by atoms with Crippen LogP contribution in [-0.2, 0) is 5.54 Å². The number of para-hydroxylation sites is 1. The van der Waals surface area contributed by atoms with Gasteiger partial charge < -0.3 is 10.8 Å². The second-order valence-corrected chi connectivity index (χ2v) is 4.21. The van der Waals surface area contributed by atoms with E-state index in [4.69, 9.17) is 5.73 Å². The van der Waals surface area contributed by atoms with E-state index < -0.39 is 5.54 Å². The van der Waals surface area contributed by atoms with Gasteiger partial charge in [0.05, 0.1) is 4.47 Å². The molecule has 0 amide bonds. The van der Waals surface area contributed by atoms with Crippen LogP contribution >= 0.6 is 15.9 Å². The van der Waals surface area contributed by atoms with Gasteiger partial charge in [-0.25, -0.2) is 0 Å². The van der Waals surface area contributed by atoms with Gasteiger partial charge >= 0.3 is 0 Å². The Hall–Kier alpha value is -0.540. The first-order valence-electron chi connectivity index (χ1n) is 3.70. The average molecular weight is 230 g/mol. The smallest absolute Gasteiger partial charge is 0.134 e. The summed E-state index contributed by atoms with van der Waals surface area (Å²) in [4.78, 5) is 0. The fourth-order valence-corrected chi connectivity index (χ4v) is 1.40. The van der Waals surface area contributed by atoms with E-state index in [-0.39, 0.29) is 5.75 Å². The van der Waals surface area contributed by atoms with Crippen LogP contribution in [0.2, 0.25) is 0 Å². The van der Waals surface area contributed by atoms with E-state index in [1.54, 1.807) is 6.07 Å². The van der Waals surface area contributed by atoms with E-state index in [0.717, 1.165) is 5.56 Å². The molecule has 0 atom stereocenters. The largest absolute Gasteiger partial charge is 0.506 e. The molecule has 0 aliphatic carbocycles. The van der Waals surface area contributed by atoms with E-state index in [9.17, 15) is 5.11 Å². The van der Waals surface area contributed by atoms with Crippen molar-refractivity contribution in [2.45, 2.75) is 19.4 Å². The van der Waals surface area contributed by atoms with E-state index in [1.165, 1.54) is 0 Å². The number of phenols is 1. The van der Waals surface area contributed by atoms with Crippen molar-refractivity contribution in [3.63, 3.8) is 0 Å². The van der Waals surface area contributed by atoms with Crippen LogP contribution < -0.4 is 5.73 Å². The third-order valence-corrected chi connectivity index (χ3v) is 2.32. The van der Waals surface area contributed by atoms with E-state index in [1.807, 2.05) is 26.0 Å². The standard InChI is InChI=1S/C9H12BrNO/c1-9(2,11)6-4-3-5-7(10)8(6)12/h3-5,12H,11H2,1-2H3. The molecule has 0 aliphatic rings. The van der Waals surface area contributed by atoms with Crippen molar-refractivity contribution < 1.29 is 5.11 Å². The zero-order valence-corrected chi connectivity index (χ0v) is 8.72. The molecule has 3 heteroatoms. The maximum absolute atomic E-state index is 9.61. The lowest BCUT2D eigenvalue weighted by atomic mass is 9.95. The monoisotopic (exact) mass is 229 g/mol. The molecule has 2 nitrogen and oxygen atoms in total. The molecule has 0 bridgehead atoms. The molecule has 0 radical (unpaired) electrons. The lowest BCUT2D eigenvalue weighted by Gasteiger charge is -2.20. The molecule has 0 aromatic heterocycles. The van der Waals surface area contributed by atoms with Crippen molar-refractivity contribution in [2.24, 2.45) is 5.73 Å². The third-order valence-electron chi connectivity index (χ3n) is 1.68. The summed E-state index contributed by atoms with van der Waals surface area (Å²) in [5, 5.41) is 9.61. The van der Waals surface area contributed by atoms with Gasteiger partial charge in [-0.15, -0.1) is 0 Å². The predicted molar refractivity (Wildman–Crippen MR) is 53.0 cm³/mol. The minimum Gasteiger partial charge on any atom is -0.506 e. The van der Waals surface area contributed by atoms with Gasteiger partial charge in [0, 0.05) is 11.1 Å². The Morgan fingerprint density at radius 2 is 2.00 bits per heavy atom. The van der Waals surface area contributed by atoms with Gasteiger partial charge in [-0.3, -0.25) is 0 Å². The van der Waals surface area contributed by atoms with Crippen LogP contribution in [0.1, 0.15) is 19.4 Å². The topological polar surface area (TPSA) is 46.2 Å². The Balaban J connectivity index is 3.26. The van der Waals surface area contributed by atoms with Crippen LogP contribution in [0.3, 0.4) is 0 Å². The van der Waals surface area contributed by atoms with Crippen LogP contribution in [0.15, 0.2) is 22.7 Å². The van der Waals surface area contributed by atoms with E-state index in [0.29, 0.717) is 4.47 Å². The van der Waals surface area contributed by atoms with Crippen molar-refractivity contribution in [2.75, 3.05) is 0 Å². The van der Waals surface area contributed by atoms with Gasteiger partial charge in [-0.2, -0.15) is 0 Å². The molecule has 12 heavy (non-hydrogen) atoms. The number of benzene rings is 1. The SMILES string of the molecule is CC(C)(N)c1cccc(Br)c1O. The highest BCUT2D eigenvalue weighted by Crippen LogP contribution is 2.32. The third kappa shape index (κ3) is 1.79. The number of aromatic hydroxyl groups is 1. The Kier molecular flexibility index (Phi) is 2.44. The highest BCUT2D eigenvalue weighted by molar-refractivity contribution is 9.10. The van der Waals surface area contributed by atoms with Crippen LogP contribution in [0.25, 0.3) is 0 Å². The van der Waals surface area contributed by atoms with Gasteiger partial charge in [-0.05, 0) is 35.8 Å².